The predicted molar refractivity (Wildman–Crippen MR) is 104 cm³/mol. The van der Waals surface area contributed by atoms with Gasteiger partial charge in [0.15, 0.2) is 0 Å². The molecule has 2 aliphatic heterocycles. The monoisotopic (exact) mass is 342 g/mol. The maximum atomic E-state index is 11.5. The molecule has 0 bridgehead atoms. The van der Waals surface area contributed by atoms with Gasteiger partial charge in [0.1, 0.15) is 0 Å². The highest BCUT2D eigenvalue weighted by Gasteiger charge is 2.37. The molecule has 3 nitrogen and oxygen atoms in total. The normalized spacial score (nSPS) is 29.4. The van der Waals surface area contributed by atoms with Crippen molar-refractivity contribution in [3.05, 3.63) is 0 Å². The lowest BCUT2D eigenvalue weighted by molar-refractivity contribution is -0.132. The quantitative estimate of drug-likeness (QED) is 0.706. The van der Waals surface area contributed by atoms with Gasteiger partial charge in [0.05, 0.1) is 0 Å². The Morgan fingerprint density at radius 1 is 1.17 bits per heavy atom. The number of hydrogen-bond acceptors (Lipinski definition) is 2. The second kappa shape index (κ2) is 9.37. The van der Waals surface area contributed by atoms with Crippen molar-refractivity contribution >= 4 is 14.5 Å². The van der Waals surface area contributed by atoms with Gasteiger partial charge in [-0.1, -0.05) is 40.5 Å². The summed E-state index contributed by atoms with van der Waals surface area (Å²) >= 11 is 0. The van der Waals surface area contributed by atoms with Crippen LogP contribution in [0.3, 0.4) is 0 Å². The van der Waals surface area contributed by atoms with E-state index in [-0.39, 0.29) is 11.3 Å². The van der Waals surface area contributed by atoms with Gasteiger partial charge in [-0.15, -0.1) is 8.58 Å². The van der Waals surface area contributed by atoms with Crippen LogP contribution in [0, 0.1) is 11.3 Å². The number of rotatable bonds is 4. The van der Waals surface area contributed by atoms with Crippen LogP contribution in [0.4, 0.5) is 0 Å². The van der Waals surface area contributed by atoms with E-state index < -0.39 is 0 Å². The topological polar surface area (TPSA) is 23.6 Å². The summed E-state index contributed by atoms with van der Waals surface area (Å²) in [7, 11) is 5.31. The number of hydrogen-bond donors (Lipinski definition) is 0. The number of carbonyl (C=O) groups excluding carboxylic acids is 1. The lowest BCUT2D eigenvalue weighted by atomic mass is 9.80. The van der Waals surface area contributed by atoms with Crippen LogP contribution in [0.5, 0.6) is 0 Å². The Bertz CT molecular complexity index is 367. The second-order valence-corrected chi connectivity index (χ2v) is 9.55. The molecule has 0 N–H and O–H groups in total. The van der Waals surface area contributed by atoms with Crippen LogP contribution in [-0.2, 0) is 4.79 Å². The van der Waals surface area contributed by atoms with Gasteiger partial charge in [0.2, 0.25) is 5.91 Å². The first kappa shape index (κ1) is 20.9. The van der Waals surface area contributed by atoms with Gasteiger partial charge < -0.3 is 4.90 Å². The van der Waals surface area contributed by atoms with Crippen LogP contribution in [0.15, 0.2) is 0 Å². The van der Waals surface area contributed by atoms with Gasteiger partial charge in [-0.05, 0) is 44.8 Å². The maximum absolute atomic E-state index is 11.5. The number of likely N-dealkylation sites (tertiary alicyclic amines) is 2. The van der Waals surface area contributed by atoms with Crippen molar-refractivity contribution in [1.29, 1.82) is 0 Å². The molecule has 0 saturated carbocycles. The van der Waals surface area contributed by atoms with E-state index >= 15 is 0 Å². The first-order valence-electron chi connectivity index (χ1n) is 9.36. The summed E-state index contributed by atoms with van der Waals surface area (Å²) in [6.45, 7) is 12.0. The fourth-order valence-corrected chi connectivity index (χ4v) is 4.85. The molecule has 2 aliphatic rings. The molecule has 136 valence electrons. The average molecular weight is 343 g/mol. The first-order chi connectivity index (χ1) is 10.7. The molecule has 4 unspecified atom stereocenters. The van der Waals surface area contributed by atoms with Crippen LogP contribution < -0.4 is 0 Å². The van der Waals surface area contributed by atoms with Crippen molar-refractivity contribution in [1.82, 2.24) is 9.80 Å². The van der Waals surface area contributed by atoms with Crippen molar-refractivity contribution in [2.45, 2.75) is 78.0 Å². The third-order valence-electron chi connectivity index (χ3n) is 5.54. The average Bonchev–Trinajstić information content (AvgIpc) is 3.00. The van der Waals surface area contributed by atoms with E-state index in [1.165, 1.54) is 32.1 Å². The standard InChI is InChI=1S/C10H22NP.C9H17NO/c1-4-5-6-9-7-8-10(12-3)11(9)2;1-9(2,3)7-5-6-10(4)8(7)11/h9-10,12H,4-8H2,1-3H3;7H,5-6H2,1-4H3. The molecular weight excluding hydrogens is 303 g/mol. The van der Waals surface area contributed by atoms with Gasteiger partial charge in [0.25, 0.3) is 0 Å². The third-order valence-corrected chi connectivity index (χ3v) is 6.90. The summed E-state index contributed by atoms with van der Waals surface area (Å²) in [4.78, 5) is 15.9. The zero-order valence-electron chi connectivity index (χ0n) is 16.5. The number of unbranched alkanes of at least 4 members (excludes halogenated alkanes) is 1. The Morgan fingerprint density at radius 2 is 1.83 bits per heavy atom. The second-order valence-electron chi connectivity index (χ2n) is 8.31. The molecular formula is C19H39N2OP. The largest absolute Gasteiger partial charge is 0.345 e. The fraction of sp³-hybridized carbons (Fsp3) is 0.947. The highest BCUT2D eigenvalue weighted by molar-refractivity contribution is 7.37. The highest BCUT2D eigenvalue weighted by atomic mass is 31.1. The molecule has 0 spiro atoms. The molecule has 2 rings (SSSR count). The van der Waals surface area contributed by atoms with Crippen LogP contribution in [0.2, 0.25) is 0 Å². The Balaban J connectivity index is 0.000000231. The molecule has 2 fully saturated rings. The third kappa shape index (κ3) is 6.02. The lowest BCUT2D eigenvalue weighted by Crippen LogP contribution is -2.30. The number of amides is 1. The van der Waals surface area contributed by atoms with E-state index in [9.17, 15) is 4.79 Å². The maximum Gasteiger partial charge on any atom is 0.226 e. The fourth-order valence-electron chi connectivity index (χ4n) is 3.77. The Hall–Kier alpha value is -0.140. The van der Waals surface area contributed by atoms with Crippen LogP contribution in [0.1, 0.15) is 66.2 Å². The SMILES string of the molecule is CCCCC1CCC(PC)N1C.CN1CCC(C(C)(C)C)C1=O. The Morgan fingerprint density at radius 3 is 2.17 bits per heavy atom. The van der Waals surface area contributed by atoms with Gasteiger partial charge in [0, 0.05) is 31.3 Å². The molecule has 0 aromatic rings. The number of carbonyl (C=O) groups is 1. The van der Waals surface area contributed by atoms with Gasteiger partial charge in [-0.3, -0.25) is 9.69 Å². The van der Waals surface area contributed by atoms with E-state index in [2.05, 4.69) is 46.3 Å². The Labute approximate surface area is 146 Å². The molecule has 2 saturated heterocycles. The highest BCUT2D eigenvalue weighted by Crippen LogP contribution is 2.34. The van der Waals surface area contributed by atoms with E-state index in [0.717, 1.165) is 33.4 Å². The summed E-state index contributed by atoms with van der Waals surface area (Å²) < 4.78 is 0. The van der Waals surface area contributed by atoms with E-state index in [1.807, 2.05) is 11.9 Å². The molecule has 1 amide bonds. The van der Waals surface area contributed by atoms with Crippen molar-refractivity contribution in [2.75, 3.05) is 27.3 Å². The van der Waals surface area contributed by atoms with Crippen molar-refractivity contribution < 1.29 is 4.79 Å². The van der Waals surface area contributed by atoms with Crippen LogP contribution >= 0.6 is 8.58 Å². The molecule has 23 heavy (non-hydrogen) atoms. The molecule has 0 radical (unpaired) electrons. The van der Waals surface area contributed by atoms with Crippen molar-refractivity contribution in [3.63, 3.8) is 0 Å². The van der Waals surface area contributed by atoms with Crippen molar-refractivity contribution in [3.8, 4) is 0 Å². The minimum absolute atomic E-state index is 0.141. The van der Waals surface area contributed by atoms with Gasteiger partial charge in [-0.2, -0.15) is 0 Å². The first-order valence-corrected chi connectivity index (χ1v) is 10.9. The zero-order valence-corrected chi connectivity index (χ0v) is 17.5. The predicted octanol–water partition coefficient (Wildman–Crippen LogP) is 4.42. The minimum Gasteiger partial charge on any atom is -0.345 e. The summed E-state index contributed by atoms with van der Waals surface area (Å²) in [5, 5.41) is 0. The summed E-state index contributed by atoms with van der Waals surface area (Å²) in [6.07, 6.45) is 8.10. The summed E-state index contributed by atoms with van der Waals surface area (Å²) in [6, 6.07) is 0.905. The number of nitrogens with zero attached hydrogens (tertiary/aromatic N) is 2. The van der Waals surface area contributed by atoms with Gasteiger partial charge in [-0.25, -0.2) is 0 Å². The van der Waals surface area contributed by atoms with E-state index in [1.54, 1.807) is 0 Å². The molecule has 2 heterocycles. The molecule has 0 aliphatic carbocycles. The molecule has 4 atom stereocenters. The summed E-state index contributed by atoms with van der Waals surface area (Å²) in [5.74, 6) is 1.47. The van der Waals surface area contributed by atoms with Crippen LogP contribution in [0.25, 0.3) is 0 Å². The van der Waals surface area contributed by atoms with Crippen LogP contribution in [-0.4, -0.2) is 54.8 Å². The Kier molecular flexibility index (Phi) is 8.52. The summed E-state index contributed by atoms with van der Waals surface area (Å²) in [5.41, 5.74) is 0.141. The lowest BCUT2D eigenvalue weighted by Gasteiger charge is -2.24. The molecule has 4 heteroatoms. The zero-order chi connectivity index (χ0) is 17.6. The van der Waals surface area contributed by atoms with Gasteiger partial charge >= 0.3 is 0 Å². The van der Waals surface area contributed by atoms with E-state index in [4.69, 9.17) is 0 Å². The van der Waals surface area contributed by atoms with Crippen molar-refractivity contribution in [2.24, 2.45) is 11.3 Å². The molecule has 0 aromatic carbocycles. The smallest absolute Gasteiger partial charge is 0.226 e. The molecule has 0 aromatic heterocycles. The van der Waals surface area contributed by atoms with E-state index in [0.29, 0.717) is 5.91 Å². The minimum atomic E-state index is 0.141.